The number of hydrogen-bond acceptors (Lipinski definition) is 6. The SMILES string of the molecule is Cc1ccc(-n2ncc3c(=O)n4c(nc32)SCC4CC(=O)N2CCN(c3ccccc3Cl)CC2)cc1. The van der Waals surface area contributed by atoms with Crippen LogP contribution >= 0.6 is 23.4 Å². The van der Waals surface area contributed by atoms with E-state index in [1.165, 1.54) is 11.8 Å². The van der Waals surface area contributed by atoms with Gasteiger partial charge in [-0.1, -0.05) is 53.2 Å². The van der Waals surface area contributed by atoms with E-state index in [-0.39, 0.29) is 23.9 Å². The molecule has 2 aromatic carbocycles. The molecule has 1 unspecified atom stereocenters. The van der Waals surface area contributed by atoms with Gasteiger partial charge in [-0.3, -0.25) is 14.2 Å². The van der Waals surface area contributed by atoms with Gasteiger partial charge in [0.15, 0.2) is 10.8 Å². The molecule has 1 fully saturated rings. The number of carbonyl (C=O) groups excluding carboxylic acids is 1. The van der Waals surface area contributed by atoms with Gasteiger partial charge >= 0.3 is 0 Å². The van der Waals surface area contributed by atoms with E-state index >= 15 is 0 Å². The third-order valence-corrected chi connectivity index (χ3v) is 8.30. The second-order valence-electron chi connectivity index (χ2n) is 9.19. The standard InChI is InChI=1S/C26H25ClN6O2S/c1-17-6-8-18(9-7-17)33-24-20(15-28-33)25(35)32-19(16-36-26(32)29-24)14-23(34)31-12-10-30(11-13-31)22-5-3-2-4-21(22)27/h2-9,15,19H,10-14,16H2,1H3. The molecule has 1 amide bonds. The highest BCUT2D eigenvalue weighted by Crippen LogP contribution is 2.34. The van der Waals surface area contributed by atoms with E-state index in [4.69, 9.17) is 16.6 Å². The van der Waals surface area contributed by atoms with Crippen LogP contribution in [0.25, 0.3) is 16.7 Å². The Hall–Kier alpha value is -3.30. The average Bonchev–Trinajstić information content (AvgIpc) is 3.50. The number of thioether (sulfide) groups is 1. The van der Waals surface area contributed by atoms with Crippen LogP contribution in [0.4, 0.5) is 5.69 Å². The molecule has 0 saturated carbocycles. The minimum atomic E-state index is -0.216. The van der Waals surface area contributed by atoms with Gasteiger partial charge < -0.3 is 9.80 Å². The van der Waals surface area contributed by atoms with Gasteiger partial charge in [0, 0.05) is 38.4 Å². The van der Waals surface area contributed by atoms with Crippen LogP contribution in [0.1, 0.15) is 18.0 Å². The van der Waals surface area contributed by atoms with E-state index in [1.807, 2.05) is 60.4 Å². The van der Waals surface area contributed by atoms with Crippen molar-refractivity contribution in [1.82, 2.24) is 24.2 Å². The number of halogens is 1. The van der Waals surface area contributed by atoms with Crippen molar-refractivity contribution in [2.75, 3.05) is 36.8 Å². The lowest BCUT2D eigenvalue weighted by Gasteiger charge is -2.37. The van der Waals surface area contributed by atoms with Gasteiger partial charge in [-0.25, -0.2) is 9.67 Å². The van der Waals surface area contributed by atoms with Crippen molar-refractivity contribution in [1.29, 1.82) is 0 Å². The molecule has 8 nitrogen and oxygen atoms in total. The second kappa shape index (κ2) is 9.29. The van der Waals surface area contributed by atoms with E-state index < -0.39 is 0 Å². The molecule has 10 heteroatoms. The molecule has 0 aliphatic carbocycles. The van der Waals surface area contributed by atoms with Crippen LogP contribution in [0.2, 0.25) is 5.02 Å². The molecule has 1 atom stereocenters. The minimum absolute atomic E-state index is 0.0645. The molecular formula is C26H25ClN6O2S. The molecule has 2 aliphatic heterocycles. The normalized spacial score (nSPS) is 17.6. The zero-order valence-corrected chi connectivity index (χ0v) is 21.4. The molecule has 0 radical (unpaired) electrons. The van der Waals surface area contributed by atoms with Gasteiger partial charge in [-0.05, 0) is 31.2 Å². The smallest absolute Gasteiger partial charge is 0.265 e. The summed E-state index contributed by atoms with van der Waals surface area (Å²) in [4.78, 5) is 35.5. The summed E-state index contributed by atoms with van der Waals surface area (Å²) < 4.78 is 3.39. The third-order valence-electron chi connectivity index (χ3n) is 6.88. The van der Waals surface area contributed by atoms with Gasteiger partial charge in [0.05, 0.1) is 28.6 Å². The lowest BCUT2D eigenvalue weighted by molar-refractivity contribution is -0.132. The summed E-state index contributed by atoms with van der Waals surface area (Å²) in [5.41, 5.74) is 3.42. The Bertz CT molecular complexity index is 1510. The Morgan fingerprint density at radius 3 is 2.58 bits per heavy atom. The summed E-state index contributed by atoms with van der Waals surface area (Å²) in [7, 11) is 0. The first-order chi connectivity index (χ1) is 17.5. The van der Waals surface area contributed by atoms with Crippen molar-refractivity contribution in [3.63, 3.8) is 0 Å². The number of aryl methyl sites for hydroxylation is 1. The van der Waals surface area contributed by atoms with Gasteiger partial charge in [-0.2, -0.15) is 5.10 Å². The maximum atomic E-state index is 13.4. The summed E-state index contributed by atoms with van der Waals surface area (Å²) >= 11 is 7.87. The number of anilines is 1. The van der Waals surface area contributed by atoms with Crippen LogP contribution in [0.15, 0.2) is 64.7 Å². The van der Waals surface area contributed by atoms with Crippen molar-refractivity contribution < 1.29 is 4.79 Å². The molecule has 36 heavy (non-hydrogen) atoms. The number of benzene rings is 2. The quantitative estimate of drug-likeness (QED) is 0.379. The van der Waals surface area contributed by atoms with E-state index in [2.05, 4.69) is 10.00 Å². The highest BCUT2D eigenvalue weighted by molar-refractivity contribution is 7.99. The van der Waals surface area contributed by atoms with Crippen molar-refractivity contribution in [2.45, 2.75) is 24.5 Å². The Morgan fingerprint density at radius 2 is 1.83 bits per heavy atom. The monoisotopic (exact) mass is 520 g/mol. The Morgan fingerprint density at radius 1 is 1.08 bits per heavy atom. The van der Waals surface area contributed by atoms with Crippen LogP contribution < -0.4 is 10.5 Å². The van der Waals surface area contributed by atoms with E-state index in [0.29, 0.717) is 35.0 Å². The number of nitrogens with zero attached hydrogens (tertiary/aromatic N) is 6. The molecule has 0 spiro atoms. The summed E-state index contributed by atoms with van der Waals surface area (Å²) in [5, 5.41) is 6.27. The molecule has 1 saturated heterocycles. The maximum absolute atomic E-state index is 13.4. The van der Waals surface area contributed by atoms with Crippen molar-refractivity contribution in [3.05, 3.63) is 75.7 Å². The number of aromatic nitrogens is 4. The fourth-order valence-electron chi connectivity index (χ4n) is 4.89. The highest BCUT2D eigenvalue weighted by atomic mass is 35.5. The number of carbonyl (C=O) groups is 1. The molecule has 0 N–H and O–H groups in total. The van der Waals surface area contributed by atoms with Crippen LogP contribution in [0, 0.1) is 6.92 Å². The predicted octanol–water partition coefficient (Wildman–Crippen LogP) is 3.93. The van der Waals surface area contributed by atoms with Gasteiger partial charge in [0.2, 0.25) is 5.91 Å². The zero-order chi connectivity index (χ0) is 24.8. The maximum Gasteiger partial charge on any atom is 0.265 e. The molecule has 2 aromatic heterocycles. The van der Waals surface area contributed by atoms with Crippen LogP contribution in [0.5, 0.6) is 0 Å². The minimum Gasteiger partial charge on any atom is -0.367 e. The van der Waals surface area contributed by atoms with Gasteiger partial charge in [0.1, 0.15) is 5.39 Å². The Labute approximate surface area is 217 Å². The average molecular weight is 521 g/mol. The zero-order valence-electron chi connectivity index (χ0n) is 19.8. The highest BCUT2D eigenvalue weighted by Gasteiger charge is 2.32. The lowest BCUT2D eigenvalue weighted by Crippen LogP contribution is -2.49. The van der Waals surface area contributed by atoms with E-state index in [9.17, 15) is 9.59 Å². The number of hydrogen-bond donors (Lipinski definition) is 0. The molecule has 4 heterocycles. The Kier molecular flexibility index (Phi) is 5.97. The molecule has 4 aromatic rings. The first-order valence-corrected chi connectivity index (χ1v) is 13.3. The first kappa shape index (κ1) is 23.1. The predicted molar refractivity (Wildman–Crippen MR) is 142 cm³/mol. The third kappa shape index (κ3) is 4.06. The molecule has 2 aliphatic rings. The summed E-state index contributed by atoms with van der Waals surface area (Å²) in [6.45, 7) is 4.75. The van der Waals surface area contributed by atoms with Crippen LogP contribution in [0.3, 0.4) is 0 Å². The molecular weight excluding hydrogens is 496 g/mol. The fourth-order valence-corrected chi connectivity index (χ4v) is 6.28. The first-order valence-electron chi connectivity index (χ1n) is 12.0. The van der Waals surface area contributed by atoms with Gasteiger partial charge in [-0.15, -0.1) is 0 Å². The molecule has 0 bridgehead atoms. The topological polar surface area (TPSA) is 76.3 Å². The van der Waals surface area contributed by atoms with Crippen molar-refractivity contribution in [3.8, 4) is 5.69 Å². The van der Waals surface area contributed by atoms with Crippen molar-refractivity contribution >= 4 is 46.0 Å². The number of amides is 1. The van der Waals surface area contributed by atoms with Crippen LogP contribution in [-0.2, 0) is 4.79 Å². The van der Waals surface area contributed by atoms with E-state index in [1.54, 1.807) is 15.4 Å². The number of fused-ring (bicyclic) bond motifs is 2. The number of rotatable bonds is 4. The summed E-state index contributed by atoms with van der Waals surface area (Å²) in [6, 6.07) is 15.5. The number of para-hydroxylation sites is 1. The van der Waals surface area contributed by atoms with Gasteiger partial charge in [0.25, 0.3) is 5.56 Å². The summed E-state index contributed by atoms with van der Waals surface area (Å²) in [6.07, 6.45) is 1.86. The van der Waals surface area contributed by atoms with Crippen molar-refractivity contribution in [2.24, 2.45) is 0 Å². The lowest BCUT2D eigenvalue weighted by atomic mass is 10.1. The molecule has 6 rings (SSSR count). The van der Waals surface area contributed by atoms with Crippen LogP contribution in [-0.4, -0.2) is 62.1 Å². The molecule has 184 valence electrons. The fraction of sp³-hybridized carbons (Fsp3) is 0.308. The van der Waals surface area contributed by atoms with E-state index in [0.717, 1.165) is 35.1 Å². The Balaban J connectivity index is 1.19. The number of piperazine rings is 1. The largest absolute Gasteiger partial charge is 0.367 e. The summed E-state index contributed by atoms with van der Waals surface area (Å²) in [5.74, 6) is 0.715. The second-order valence-corrected chi connectivity index (χ2v) is 10.6.